The first-order chi connectivity index (χ1) is 8.72. The van der Waals surface area contributed by atoms with Crippen molar-refractivity contribution >= 4 is 11.5 Å². The van der Waals surface area contributed by atoms with Gasteiger partial charge in [0, 0.05) is 30.3 Å². The van der Waals surface area contributed by atoms with Gasteiger partial charge in [0.15, 0.2) is 5.78 Å². The van der Waals surface area contributed by atoms with E-state index in [1.54, 1.807) is 0 Å². The number of anilines is 1. The summed E-state index contributed by atoms with van der Waals surface area (Å²) in [6.07, 6.45) is 5.81. The Morgan fingerprint density at radius 1 is 1.22 bits per heavy atom. The predicted molar refractivity (Wildman–Crippen MR) is 76.3 cm³/mol. The van der Waals surface area contributed by atoms with Crippen LogP contribution < -0.4 is 4.90 Å². The summed E-state index contributed by atoms with van der Waals surface area (Å²) in [4.78, 5) is 14.1. The summed E-state index contributed by atoms with van der Waals surface area (Å²) in [6.45, 7) is 5.35. The van der Waals surface area contributed by atoms with Crippen LogP contribution in [0.2, 0.25) is 0 Å². The van der Waals surface area contributed by atoms with Gasteiger partial charge in [-0.3, -0.25) is 4.79 Å². The Morgan fingerprint density at radius 2 is 1.94 bits per heavy atom. The van der Waals surface area contributed by atoms with Crippen LogP contribution in [0.4, 0.5) is 5.69 Å². The lowest BCUT2D eigenvalue weighted by Crippen LogP contribution is -2.32. The first-order valence-corrected chi connectivity index (χ1v) is 7.12. The number of carbonyl (C=O) groups excluding carboxylic acids is 1. The van der Waals surface area contributed by atoms with Crippen LogP contribution in [0.5, 0.6) is 0 Å². The van der Waals surface area contributed by atoms with Crippen molar-refractivity contribution in [1.82, 2.24) is 0 Å². The minimum absolute atomic E-state index is 0.227. The second-order valence-corrected chi connectivity index (χ2v) is 5.22. The van der Waals surface area contributed by atoms with Crippen LogP contribution in [-0.2, 0) is 0 Å². The Bertz CT molecular complexity index is 396. The molecule has 0 radical (unpaired) electrons. The van der Waals surface area contributed by atoms with E-state index in [9.17, 15) is 4.79 Å². The van der Waals surface area contributed by atoms with Gasteiger partial charge in [-0.05, 0) is 44.0 Å². The molecule has 98 valence electrons. The lowest BCUT2D eigenvalue weighted by atomic mass is 10.1. The lowest BCUT2D eigenvalue weighted by molar-refractivity contribution is 0.0988. The molecule has 1 fully saturated rings. The second kappa shape index (κ2) is 6.03. The van der Waals surface area contributed by atoms with Crippen molar-refractivity contribution in [2.24, 2.45) is 0 Å². The van der Waals surface area contributed by atoms with E-state index in [1.807, 2.05) is 19.1 Å². The first-order valence-electron chi connectivity index (χ1n) is 7.12. The second-order valence-electron chi connectivity index (χ2n) is 5.22. The maximum absolute atomic E-state index is 11.6. The fourth-order valence-electron chi connectivity index (χ4n) is 2.70. The molecular formula is C16H23NO. The topological polar surface area (TPSA) is 20.3 Å². The van der Waals surface area contributed by atoms with Gasteiger partial charge in [0.25, 0.3) is 0 Å². The zero-order valence-corrected chi connectivity index (χ0v) is 11.5. The summed E-state index contributed by atoms with van der Waals surface area (Å²) in [6, 6.07) is 8.76. The molecule has 1 heterocycles. The summed E-state index contributed by atoms with van der Waals surface area (Å²) in [7, 11) is 0. The maximum Gasteiger partial charge on any atom is 0.162 e. The van der Waals surface area contributed by atoms with E-state index in [-0.39, 0.29) is 5.78 Å². The monoisotopic (exact) mass is 245 g/mol. The summed E-state index contributed by atoms with van der Waals surface area (Å²) >= 11 is 0. The normalized spacial score (nSPS) is 20.6. The van der Waals surface area contributed by atoms with Crippen molar-refractivity contribution in [3.05, 3.63) is 29.8 Å². The third-order valence-electron chi connectivity index (χ3n) is 3.90. The summed E-state index contributed by atoms with van der Waals surface area (Å²) < 4.78 is 0. The number of ketones is 1. The molecule has 0 aromatic heterocycles. The van der Waals surface area contributed by atoms with Gasteiger partial charge in [-0.25, -0.2) is 0 Å². The Kier molecular flexibility index (Phi) is 4.40. The van der Waals surface area contributed by atoms with Gasteiger partial charge in [0.1, 0.15) is 0 Å². The molecule has 0 amide bonds. The summed E-state index contributed by atoms with van der Waals surface area (Å²) in [5, 5.41) is 0. The number of nitrogens with zero attached hydrogens (tertiary/aromatic N) is 1. The molecule has 0 aliphatic carbocycles. The number of rotatable bonds is 3. The predicted octanol–water partition coefficient (Wildman–Crippen LogP) is 4.05. The zero-order valence-electron chi connectivity index (χ0n) is 11.5. The third kappa shape index (κ3) is 2.92. The average Bonchev–Trinajstić information content (AvgIpc) is 2.63. The van der Waals surface area contributed by atoms with Crippen molar-refractivity contribution in [2.75, 3.05) is 11.4 Å². The van der Waals surface area contributed by atoms with Gasteiger partial charge in [-0.15, -0.1) is 0 Å². The van der Waals surface area contributed by atoms with Crippen LogP contribution in [0.15, 0.2) is 24.3 Å². The third-order valence-corrected chi connectivity index (χ3v) is 3.90. The van der Waals surface area contributed by atoms with Gasteiger partial charge in [0.05, 0.1) is 0 Å². The quantitative estimate of drug-likeness (QED) is 0.749. The number of carbonyl (C=O) groups is 1. The molecular weight excluding hydrogens is 222 g/mol. The molecule has 0 spiro atoms. The molecule has 1 unspecified atom stereocenters. The highest BCUT2D eigenvalue weighted by molar-refractivity contribution is 5.96. The minimum atomic E-state index is 0.227. The van der Waals surface area contributed by atoms with Crippen molar-refractivity contribution in [3.63, 3.8) is 0 Å². The van der Waals surface area contributed by atoms with Gasteiger partial charge in [-0.2, -0.15) is 0 Å². The van der Waals surface area contributed by atoms with Crippen LogP contribution in [-0.4, -0.2) is 18.4 Å². The number of hydrogen-bond acceptors (Lipinski definition) is 2. The minimum Gasteiger partial charge on any atom is -0.369 e. The zero-order chi connectivity index (χ0) is 13.0. The first kappa shape index (κ1) is 13.1. The molecule has 2 rings (SSSR count). The van der Waals surface area contributed by atoms with E-state index < -0.39 is 0 Å². The average molecular weight is 245 g/mol. The smallest absolute Gasteiger partial charge is 0.162 e. The molecule has 0 saturated carbocycles. The Labute approximate surface area is 110 Å². The molecule has 18 heavy (non-hydrogen) atoms. The molecule has 1 aromatic carbocycles. The van der Waals surface area contributed by atoms with E-state index in [0.717, 1.165) is 12.1 Å². The van der Waals surface area contributed by atoms with Crippen LogP contribution >= 0.6 is 0 Å². The van der Waals surface area contributed by atoms with Gasteiger partial charge in [0.2, 0.25) is 0 Å². The Hall–Kier alpha value is -1.31. The highest BCUT2D eigenvalue weighted by Gasteiger charge is 2.17. The van der Waals surface area contributed by atoms with Crippen LogP contribution in [0.3, 0.4) is 0 Å². The van der Waals surface area contributed by atoms with Gasteiger partial charge >= 0.3 is 0 Å². The van der Waals surface area contributed by atoms with Crippen LogP contribution in [0, 0.1) is 0 Å². The molecule has 1 aromatic rings. The molecule has 1 saturated heterocycles. The number of hydrogen-bond donors (Lipinski definition) is 0. The van der Waals surface area contributed by atoms with Gasteiger partial charge in [-0.1, -0.05) is 19.8 Å². The highest BCUT2D eigenvalue weighted by atomic mass is 16.1. The van der Waals surface area contributed by atoms with Crippen molar-refractivity contribution < 1.29 is 4.79 Å². The molecule has 1 aliphatic heterocycles. The Morgan fingerprint density at radius 3 is 2.61 bits per heavy atom. The van der Waals surface area contributed by atoms with E-state index in [1.165, 1.54) is 31.4 Å². The van der Waals surface area contributed by atoms with Crippen molar-refractivity contribution in [2.45, 2.75) is 52.0 Å². The molecule has 0 N–H and O–H groups in total. The fraction of sp³-hybridized carbons (Fsp3) is 0.562. The summed E-state index contributed by atoms with van der Waals surface area (Å²) in [5.74, 6) is 0.227. The van der Waals surface area contributed by atoms with Crippen LogP contribution in [0.25, 0.3) is 0 Å². The van der Waals surface area contributed by atoms with Crippen molar-refractivity contribution in [3.8, 4) is 0 Å². The number of benzene rings is 1. The Balaban J connectivity index is 2.15. The SMILES string of the molecule is CCC(=O)c1ccc(N2CCCCCC2C)cc1. The number of Topliss-reactive ketones (excluding diaryl/α,β-unsaturated/α-hetero) is 1. The molecule has 2 heteroatoms. The molecule has 0 bridgehead atoms. The van der Waals surface area contributed by atoms with E-state index >= 15 is 0 Å². The highest BCUT2D eigenvalue weighted by Crippen LogP contribution is 2.24. The van der Waals surface area contributed by atoms with Gasteiger partial charge < -0.3 is 4.90 Å². The molecule has 1 atom stereocenters. The van der Waals surface area contributed by atoms with E-state index in [4.69, 9.17) is 0 Å². The lowest BCUT2D eigenvalue weighted by Gasteiger charge is -2.29. The fourth-order valence-corrected chi connectivity index (χ4v) is 2.70. The summed E-state index contributed by atoms with van der Waals surface area (Å²) in [5.41, 5.74) is 2.10. The molecule has 2 nitrogen and oxygen atoms in total. The standard InChI is InChI=1S/C16H23NO/c1-3-16(18)14-8-10-15(11-9-14)17-12-6-4-5-7-13(17)2/h8-11,13H,3-7,12H2,1-2H3. The largest absolute Gasteiger partial charge is 0.369 e. The molecule has 1 aliphatic rings. The van der Waals surface area contributed by atoms with E-state index in [2.05, 4.69) is 24.0 Å². The maximum atomic E-state index is 11.6. The van der Waals surface area contributed by atoms with Crippen molar-refractivity contribution in [1.29, 1.82) is 0 Å². The van der Waals surface area contributed by atoms with E-state index in [0.29, 0.717) is 12.5 Å². The van der Waals surface area contributed by atoms with Crippen LogP contribution in [0.1, 0.15) is 56.3 Å².